The Bertz CT molecular complexity index is 530. The predicted octanol–water partition coefficient (Wildman–Crippen LogP) is 1.76. The molecule has 1 aliphatic rings. The number of halogens is 1. The highest BCUT2D eigenvalue weighted by Gasteiger charge is 2.39. The van der Waals surface area contributed by atoms with Crippen LogP contribution < -0.4 is 10.2 Å². The van der Waals surface area contributed by atoms with Crippen LogP contribution in [0, 0.1) is 12.7 Å². The van der Waals surface area contributed by atoms with Gasteiger partial charge in [0.2, 0.25) is 11.8 Å². The van der Waals surface area contributed by atoms with Gasteiger partial charge in [0.15, 0.2) is 0 Å². The predicted molar refractivity (Wildman–Crippen MR) is 70.3 cm³/mol. The maximum Gasteiger partial charge on any atom is 0.250 e. The molecule has 19 heavy (non-hydrogen) atoms. The van der Waals surface area contributed by atoms with E-state index >= 15 is 0 Å². The van der Waals surface area contributed by atoms with Crippen LogP contribution in [0.25, 0.3) is 0 Å². The summed E-state index contributed by atoms with van der Waals surface area (Å²) in [4.78, 5) is 25.4. The van der Waals surface area contributed by atoms with E-state index in [1.165, 1.54) is 11.0 Å². The van der Waals surface area contributed by atoms with Gasteiger partial charge in [0, 0.05) is 0 Å². The second-order valence-electron chi connectivity index (χ2n) is 4.82. The van der Waals surface area contributed by atoms with E-state index in [0.29, 0.717) is 6.42 Å². The molecule has 0 radical (unpaired) electrons. The van der Waals surface area contributed by atoms with E-state index in [1.807, 2.05) is 0 Å². The van der Waals surface area contributed by atoms with Crippen LogP contribution in [0.5, 0.6) is 0 Å². The molecule has 2 rings (SSSR count). The van der Waals surface area contributed by atoms with Gasteiger partial charge in [-0.1, -0.05) is 13.0 Å². The highest BCUT2D eigenvalue weighted by Crippen LogP contribution is 2.26. The van der Waals surface area contributed by atoms with Crippen molar-refractivity contribution in [1.29, 1.82) is 0 Å². The molecule has 1 heterocycles. The van der Waals surface area contributed by atoms with Crippen molar-refractivity contribution >= 4 is 17.5 Å². The van der Waals surface area contributed by atoms with Gasteiger partial charge in [-0.15, -0.1) is 0 Å². The minimum Gasteiger partial charge on any atom is -0.343 e. The minimum absolute atomic E-state index is 0.171. The smallest absolute Gasteiger partial charge is 0.250 e. The van der Waals surface area contributed by atoms with Crippen molar-refractivity contribution in [1.82, 2.24) is 5.32 Å². The van der Waals surface area contributed by atoms with Gasteiger partial charge in [0.25, 0.3) is 0 Å². The Kier molecular flexibility index (Phi) is 3.55. The first-order valence-corrected chi connectivity index (χ1v) is 6.35. The van der Waals surface area contributed by atoms with E-state index in [-0.39, 0.29) is 17.5 Å². The Labute approximate surface area is 111 Å². The minimum atomic E-state index is -0.652. The second kappa shape index (κ2) is 4.99. The molecule has 4 nitrogen and oxygen atoms in total. The van der Waals surface area contributed by atoms with Gasteiger partial charge < -0.3 is 5.32 Å². The molecule has 0 spiro atoms. The van der Waals surface area contributed by atoms with E-state index < -0.39 is 17.9 Å². The molecule has 1 fully saturated rings. The average molecular weight is 264 g/mol. The Hall–Kier alpha value is -1.91. The van der Waals surface area contributed by atoms with Crippen LogP contribution in [0.4, 0.5) is 10.1 Å². The third-order valence-corrected chi connectivity index (χ3v) is 3.33. The molecule has 1 aromatic rings. The lowest BCUT2D eigenvalue weighted by Crippen LogP contribution is -2.62. The molecule has 0 bridgehead atoms. The first kappa shape index (κ1) is 13.5. The zero-order valence-corrected chi connectivity index (χ0v) is 11.2. The molecular formula is C14H17FN2O2. The van der Waals surface area contributed by atoms with Crippen molar-refractivity contribution in [3.63, 3.8) is 0 Å². The third kappa shape index (κ3) is 2.32. The fraction of sp³-hybridized carbons (Fsp3) is 0.429. The van der Waals surface area contributed by atoms with Gasteiger partial charge in [-0.3, -0.25) is 14.5 Å². The molecule has 1 aromatic carbocycles. The average Bonchev–Trinajstić information content (AvgIpc) is 2.34. The number of nitrogens with one attached hydrogen (secondary N) is 1. The molecule has 0 aliphatic carbocycles. The van der Waals surface area contributed by atoms with Crippen molar-refractivity contribution in [3.8, 4) is 0 Å². The SMILES string of the molecule is CCC1C(=O)NC(C)C(=O)N1c1ccc(C)cc1F. The van der Waals surface area contributed by atoms with Crippen molar-refractivity contribution in [2.24, 2.45) is 0 Å². The number of rotatable bonds is 2. The van der Waals surface area contributed by atoms with Gasteiger partial charge in [0.05, 0.1) is 5.69 Å². The van der Waals surface area contributed by atoms with Crippen LogP contribution in [0.3, 0.4) is 0 Å². The molecule has 1 saturated heterocycles. The monoisotopic (exact) mass is 264 g/mol. The quantitative estimate of drug-likeness (QED) is 0.885. The number of nitrogens with zero attached hydrogens (tertiary/aromatic N) is 1. The maximum atomic E-state index is 14.0. The van der Waals surface area contributed by atoms with Crippen molar-refractivity contribution < 1.29 is 14.0 Å². The highest BCUT2D eigenvalue weighted by molar-refractivity contribution is 6.08. The largest absolute Gasteiger partial charge is 0.343 e. The number of carbonyl (C=O) groups is 2. The molecule has 2 amide bonds. The molecule has 2 atom stereocenters. The molecular weight excluding hydrogens is 247 g/mol. The Balaban J connectivity index is 2.48. The van der Waals surface area contributed by atoms with Gasteiger partial charge in [-0.25, -0.2) is 4.39 Å². The molecule has 5 heteroatoms. The summed E-state index contributed by atoms with van der Waals surface area (Å²) in [7, 11) is 0. The van der Waals surface area contributed by atoms with Crippen molar-refractivity contribution in [3.05, 3.63) is 29.6 Å². The van der Waals surface area contributed by atoms with Crippen LogP contribution in [0.1, 0.15) is 25.8 Å². The normalized spacial score (nSPS) is 23.5. The Morgan fingerprint density at radius 3 is 2.63 bits per heavy atom. The lowest BCUT2D eigenvalue weighted by molar-refractivity contribution is -0.133. The lowest BCUT2D eigenvalue weighted by Gasteiger charge is -2.37. The van der Waals surface area contributed by atoms with E-state index in [2.05, 4.69) is 5.32 Å². The number of piperazine rings is 1. The van der Waals surface area contributed by atoms with Crippen LogP contribution in [-0.4, -0.2) is 23.9 Å². The van der Waals surface area contributed by atoms with E-state index in [1.54, 1.807) is 32.9 Å². The third-order valence-electron chi connectivity index (χ3n) is 3.33. The van der Waals surface area contributed by atoms with Crippen LogP contribution >= 0.6 is 0 Å². The van der Waals surface area contributed by atoms with E-state index in [0.717, 1.165) is 5.56 Å². The van der Waals surface area contributed by atoms with Gasteiger partial charge in [0.1, 0.15) is 17.9 Å². The fourth-order valence-corrected chi connectivity index (χ4v) is 2.31. The Morgan fingerprint density at radius 2 is 2.05 bits per heavy atom. The first-order chi connectivity index (χ1) is 8.95. The molecule has 0 aromatic heterocycles. The number of anilines is 1. The summed E-state index contributed by atoms with van der Waals surface area (Å²) >= 11 is 0. The number of hydrogen-bond donors (Lipinski definition) is 1. The van der Waals surface area contributed by atoms with E-state index in [9.17, 15) is 14.0 Å². The summed E-state index contributed by atoms with van der Waals surface area (Å²) in [5.41, 5.74) is 0.945. The number of benzene rings is 1. The van der Waals surface area contributed by atoms with E-state index in [4.69, 9.17) is 0 Å². The van der Waals surface area contributed by atoms with Crippen molar-refractivity contribution in [2.45, 2.75) is 39.3 Å². The second-order valence-corrected chi connectivity index (χ2v) is 4.82. The topological polar surface area (TPSA) is 49.4 Å². The summed E-state index contributed by atoms with van der Waals surface area (Å²) in [6.07, 6.45) is 0.442. The molecule has 1 N–H and O–H groups in total. The van der Waals surface area contributed by atoms with Gasteiger partial charge >= 0.3 is 0 Å². The van der Waals surface area contributed by atoms with Crippen LogP contribution in [0.2, 0.25) is 0 Å². The number of amides is 2. The number of hydrogen-bond acceptors (Lipinski definition) is 2. The Morgan fingerprint density at radius 1 is 1.37 bits per heavy atom. The number of aryl methyl sites for hydroxylation is 1. The summed E-state index contributed by atoms with van der Waals surface area (Å²) in [5.74, 6) is -1.00. The van der Waals surface area contributed by atoms with Crippen molar-refractivity contribution in [2.75, 3.05) is 4.90 Å². The summed E-state index contributed by atoms with van der Waals surface area (Å²) in [6, 6.07) is 3.37. The van der Waals surface area contributed by atoms with Gasteiger partial charge in [-0.05, 0) is 38.0 Å². The summed E-state index contributed by atoms with van der Waals surface area (Å²) in [6.45, 7) is 5.18. The molecule has 2 unspecified atom stereocenters. The molecule has 0 saturated carbocycles. The zero-order chi connectivity index (χ0) is 14.2. The van der Waals surface area contributed by atoms with Crippen LogP contribution in [-0.2, 0) is 9.59 Å². The maximum absolute atomic E-state index is 14.0. The van der Waals surface area contributed by atoms with Crippen LogP contribution in [0.15, 0.2) is 18.2 Å². The lowest BCUT2D eigenvalue weighted by atomic mass is 10.0. The first-order valence-electron chi connectivity index (χ1n) is 6.35. The van der Waals surface area contributed by atoms with Gasteiger partial charge in [-0.2, -0.15) is 0 Å². The summed E-state index contributed by atoms with van der Waals surface area (Å²) < 4.78 is 14.0. The number of carbonyl (C=O) groups excluding carboxylic acids is 2. The summed E-state index contributed by atoms with van der Waals surface area (Å²) in [5, 5.41) is 2.61. The standard InChI is InChI=1S/C14H17FN2O2/c1-4-11-13(18)16-9(3)14(19)17(11)12-6-5-8(2)7-10(12)15/h5-7,9,11H,4H2,1-3H3,(H,16,18). The highest BCUT2D eigenvalue weighted by atomic mass is 19.1. The zero-order valence-electron chi connectivity index (χ0n) is 11.2. The molecule has 102 valence electrons. The molecule has 1 aliphatic heterocycles. The fourth-order valence-electron chi connectivity index (χ4n) is 2.31.